The minimum absolute atomic E-state index is 0.160. The summed E-state index contributed by atoms with van der Waals surface area (Å²) in [5.74, 6) is 1.68. The summed E-state index contributed by atoms with van der Waals surface area (Å²) in [6.45, 7) is 2.27. The molecule has 176 valence electrons. The predicted octanol–water partition coefficient (Wildman–Crippen LogP) is 4.18. The van der Waals surface area contributed by atoms with Crippen molar-refractivity contribution in [3.8, 4) is 28.8 Å². The number of rotatable bonds is 10. The van der Waals surface area contributed by atoms with Gasteiger partial charge < -0.3 is 23.7 Å². The molecule has 9 heteroatoms. The Morgan fingerprint density at radius 1 is 1.09 bits per heavy atom. The molecule has 9 nitrogen and oxygen atoms in total. The Hall–Kier alpha value is -4.27. The quantitative estimate of drug-likeness (QED) is 0.373. The molecule has 1 N–H and O–H groups in total. The summed E-state index contributed by atoms with van der Waals surface area (Å²) in [5.41, 5.74) is 2.94. The van der Waals surface area contributed by atoms with Gasteiger partial charge in [0.25, 0.3) is 0 Å². The number of aryl methyl sites for hydroxylation is 2. The fourth-order valence-electron chi connectivity index (χ4n) is 3.41. The second kappa shape index (κ2) is 10.1. The molecule has 2 heterocycles. The van der Waals surface area contributed by atoms with Gasteiger partial charge in [-0.2, -0.15) is 0 Å². The number of oxazole rings is 1. The number of ether oxygens (including phenoxy) is 3. The number of hydrogen-bond acceptors (Lipinski definition) is 7. The second-order valence-corrected chi connectivity index (χ2v) is 7.65. The first-order valence-electron chi connectivity index (χ1n) is 10.6. The Labute approximate surface area is 196 Å². The van der Waals surface area contributed by atoms with E-state index in [9.17, 15) is 4.79 Å². The first-order chi connectivity index (χ1) is 16.4. The number of carboxylic acid groups (broad SMARTS) is 1. The summed E-state index contributed by atoms with van der Waals surface area (Å²) >= 11 is 0. The lowest BCUT2D eigenvalue weighted by Gasteiger charge is -2.12. The lowest BCUT2D eigenvalue weighted by Crippen LogP contribution is -2.04. The zero-order chi connectivity index (χ0) is 24.1. The van der Waals surface area contributed by atoms with Crippen LogP contribution in [-0.2, 0) is 31.5 Å². The number of benzene rings is 2. The summed E-state index contributed by atoms with van der Waals surface area (Å²) in [4.78, 5) is 15.6. The van der Waals surface area contributed by atoms with E-state index in [4.69, 9.17) is 23.7 Å². The number of carbonyl (C=O) groups is 1. The van der Waals surface area contributed by atoms with E-state index in [2.05, 4.69) is 10.1 Å². The monoisotopic (exact) mass is 463 g/mol. The van der Waals surface area contributed by atoms with E-state index < -0.39 is 5.97 Å². The van der Waals surface area contributed by atoms with Crippen LogP contribution in [0.25, 0.3) is 11.5 Å². The Bertz CT molecular complexity index is 1280. The zero-order valence-electron chi connectivity index (χ0n) is 19.1. The third kappa shape index (κ3) is 5.37. The van der Waals surface area contributed by atoms with Crippen molar-refractivity contribution in [2.45, 2.75) is 26.6 Å². The molecule has 0 bridgehead atoms. The molecule has 0 aliphatic heterocycles. The predicted molar refractivity (Wildman–Crippen MR) is 123 cm³/mol. The van der Waals surface area contributed by atoms with Crippen molar-refractivity contribution in [1.82, 2.24) is 14.8 Å². The summed E-state index contributed by atoms with van der Waals surface area (Å²) in [6, 6.07) is 15.1. The number of carboxylic acids is 1. The van der Waals surface area contributed by atoms with Gasteiger partial charge >= 0.3 is 5.97 Å². The first kappa shape index (κ1) is 22.9. The second-order valence-electron chi connectivity index (χ2n) is 7.65. The molecule has 0 amide bonds. The topological polar surface area (TPSA) is 109 Å². The Kier molecular flexibility index (Phi) is 6.82. The van der Waals surface area contributed by atoms with Crippen molar-refractivity contribution in [3.05, 3.63) is 77.3 Å². The van der Waals surface area contributed by atoms with Crippen LogP contribution in [0.2, 0.25) is 0 Å². The number of nitrogens with zero attached hydrogens (tertiary/aromatic N) is 3. The van der Waals surface area contributed by atoms with E-state index in [1.165, 1.54) is 4.68 Å². The van der Waals surface area contributed by atoms with Gasteiger partial charge in [-0.05, 0) is 36.8 Å². The van der Waals surface area contributed by atoms with Crippen LogP contribution in [0.4, 0.5) is 0 Å². The van der Waals surface area contributed by atoms with Crippen LogP contribution in [0, 0.1) is 6.92 Å². The van der Waals surface area contributed by atoms with Gasteiger partial charge in [0.2, 0.25) is 11.8 Å². The molecule has 0 saturated heterocycles. The molecule has 0 fully saturated rings. The minimum Gasteiger partial charge on any atom is -0.493 e. The van der Waals surface area contributed by atoms with Crippen LogP contribution in [0.3, 0.4) is 0 Å². The van der Waals surface area contributed by atoms with E-state index in [0.29, 0.717) is 40.3 Å². The molecule has 4 rings (SSSR count). The van der Waals surface area contributed by atoms with Crippen molar-refractivity contribution in [2.75, 3.05) is 7.11 Å². The van der Waals surface area contributed by atoms with Crippen LogP contribution in [0.1, 0.15) is 22.6 Å². The normalized spacial score (nSPS) is 10.8. The Morgan fingerprint density at radius 2 is 1.88 bits per heavy atom. The highest BCUT2D eigenvalue weighted by Gasteiger charge is 2.15. The number of methoxy groups -OCH3 is 1. The van der Waals surface area contributed by atoms with E-state index in [1.807, 2.05) is 43.3 Å². The molecule has 2 aromatic carbocycles. The molecular formula is C25H25N3O6. The summed E-state index contributed by atoms with van der Waals surface area (Å²) in [5, 5.41) is 13.3. The average molecular weight is 463 g/mol. The number of aromatic nitrogens is 3. The molecule has 0 saturated carbocycles. The van der Waals surface area contributed by atoms with Crippen LogP contribution in [0.15, 0.2) is 59.1 Å². The van der Waals surface area contributed by atoms with Gasteiger partial charge in [-0.3, -0.25) is 9.48 Å². The fourth-order valence-corrected chi connectivity index (χ4v) is 3.41. The first-order valence-corrected chi connectivity index (χ1v) is 10.6. The standard InChI is InChI=1S/C25H25N3O6/c1-16-20(26-24(34-16)18-7-5-4-6-8-18)15-32-21-10-9-17(11-22(21)31-3)14-33-25-19(12-23(29)30)13-28(2)27-25/h4-11,13H,12,14-15H2,1-3H3,(H,29,30). The molecule has 0 atom stereocenters. The highest BCUT2D eigenvalue weighted by Crippen LogP contribution is 2.30. The van der Waals surface area contributed by atoms with E-state index in [1.54, 1.807) is 32.5 Å². The van der Waals surface area contributed by atoms with Crippen molar-refractivity contribution in [3.63, 3.8) is 0 Å². The summed E-state index contributed by atoms with van der Waals surface area (Å²) < 4.78 is 24.5. The Balaban J connectivity index is 1.42. The van der Waals surface area contributed by atoms with Gasteiger partial charge in [0, 0.05) is 24.4 Å². The van der Waals surface area contributed by atoms with Crippen LogP contribution in [0.5, 0.6) is 17.4 Å². The van der Waals surface area contributed by atoms with Crippen LogP contribution in [-0.4, -0.2) is 33.0 Å². The molecule has 2 aromatic heterocycles. The van der Waals surface area contributed by atoms with Gasteiger partial charge in [-0.25, -0.2) is 4.98 Å². The van der Waals surface area contributed by atoms with Crippen molar-refractivity contribution in [2.24, 2.45) is 7.05 Å². The molecular weight excluding hydrogens is 438 g/mol. The molecule has 0 spiro atoms. The summed E-state index contributed by atoms with van der Waals surface area (Å²) in [6.07, 6.45) is 1.47. The van der Waals surface area contributed by atoms with E-state index in [0.717, 1.165) is 11.1 Å². The summed E-state index contributed by atoms with van der Waals surface area (Å²) in [7, 11) is 3.28. The van der Waals surface area contributed by atoms with E-state index in [-0.39, 0.29) is 19.6 Å². The van der Waals surface area contributed by atoms with Gasteiger partial charge in [0.1, 0.15) is 24.7 Å². The van der Waals surface area contributed by atoms with Gasteiger partial charge in [0.15, 0.2) is 11.5 Å². The van der Waals surface area contributed by atoms with E-state index >= 15 is 0 Å². The maximum Gasteiger partial charge on any atom is 0.308 e. The smallest absolute Gasteiger partial charge is 0.308 e. The molecule has 0 unspecified atom stereocenters. The molecule has 4 aromatic rings. The molecule has 0 radical (unpaired) electrons. The fraction of sp³-hybridized carbons (Fsp3) is 0.240. The van der Waals surface area contributed by atoms with Gasteiger partial charge in [-0.1, -0.05) is 24.3 Å². The van der Waals surface area contributed by atoms with Crippen molar-refractivity contribution >= 4 is 5.97 Å². The highest BCUT2D eigenvalue weighted by molar-refractivity contribution is 5.70. The SMILES string of the molecule is COc1cc(COc2nn(C)cc2CC(=O)O)ccc1OCc1nc(-c2ccccc2)oc1C. The van der Waals surface area contributed by atoms with Crippen LogP contribution >= 0.6 is 0 Å². The van der Waals surface area contributed by atoms with Gasteiger partial charge in [0.05, 0.1) is 13.5 Å². The van der Waals surface area contributed by atoms with Crippen LogP contribution < -0.4 is 14.2 Å². The van der Waals surface area contributed by atoms with Crippen molar-refractivity contribution in [1.29, 1.82) is 0 Å². The minimum atomic E-state index is -0.945. The zero-order valence-corrected chi connectivity index (χ0v) is 19.1. The number of aliphatic carboxylic acids is 1. The maximum absolute atomic E-state index is 11.1. The molecule has 0 aliphatic carbocycles. The highest BCUT2D eigenvalue weighted by atomic mass is 16.5. The third-order valence-electron chi connectivity index (χ3n) is 5.09. The number of hydrogen-bond donors (Lipinski definition) is 1. The average Bonchev–Trinajstić information content (AvgIpc) is 3.37. The lowest BCUT2D eigenvalue weighted by atomic mass is 10.2. The molecule has 34 heavy (non-hydrogen) atoms. The Morgan fingerprint density at radius 3 is 2.62 bits per heavy atom. The third-order valence-corrected chi connectivity index (χ3v) is 5.09. The lowest BCUT2D eigenvalue weighted by molar-refractivity contribution is -0.136. The maximum atomic E-state index is 11.1. The molecule has 0 aliphatic rings. The largest absolute Gasteiger partial charge is 0.493 e. The van der Waals surface area contributed by atoms with Gasteiger partial charge in [-0.15, -0.1) is 5.10 Å². The van der Waals surface area contributed by atoms with Crippen molar-refractivity contribution < 1.29 is 28.5 Å².